The molecule has 0 unspecified atom stereocenters. The van der Waals surface area contributed by atoms with Crippen LogP contribution < -0.4 is 10.6 Å². The molecule has 0 aliphatic carbocycles. The van der Waals surface area contributed by atoms with E-state index in [-0.39, 0.29) is 5.91 Å². The number of carbonyl (C=O) groups excluding carboxylic acids is 1. The molecule has 4 bridgehead atoms. The molecular weight excluding hydrogens is 322 g/mol. The van der Waals surface area contributed by atoms with E-state index in [9.17, 15) is 4.79 Å². The van der Waals surface area contributed by atoms with Gasteiger partial charge in [0.05, 0.1) is 17.6 Å². The fraction of sp³-hybridized carbons (Fsp3) is 0.235. The first-order valence-corrected chi connectivity index (χ1v) is 8.87. The van der Waals surface area contributed by atoms with Gasteiger partial charge in [-0.1, -0.05) is 23.9 Å². The van der Waals surface area contributed by atoms with Crippen molar-refractivity contribution in [1.29, 1.82) is 0 Å². The number of thioether (sulfide) groups is 1. The van der Waals surface area contributed by atoms with E-state index in [1.165, 1.54) is 11.8 Å². The average molecular weight is 339 g/mol. The average Bonchev–Trinajstić information content (AvgIpc) is 3.02. The van der Waals surface area contributed by atoms with Gasteiger partial charge in [-0.05, 0) is 30.7 Å². The van der Waals surface area contributed by atoms with Crippen LogP contribution in [0.1, 0.15) is 6.42 Å². The van der Waals surface area contributed by atoms with Crippen molar-refractivity contribution < 1.29 is 4.79 Å². The van der Waals surface area contributed by atoms with Crippen molar-refractivity contribution in [2.24, 2.45) is 0 Å². The van der Waals surface area contributed by atoms with Crippen LogP contribution in [-0.2, 0) is 4.79 Å². The van der Waals surface area contributed by atoms with E-state index in [0.717, 1.165) is 40.6 Å². The number of anilines is 1. The third-order valence-electron chi connectivity index (χ3n) is 3.85. The smallest absolute Gasteiger partial charge is 0.230 e. The number of rotatable bonds is 0. The Balaban J connectivity index is 1.78. The van der Waals surface area contributed by atoms with Gasteiger partial charge >= 0.3 is 0 Å². The van der Waals surface area contributed by atoms with Crippen LogP contribution in [0.25, 0.3) is 16.9 Å². The third-order valence-corrected chi connectivity index (χ3v) is 4.77. The normalized spacial score (nSPS) is 15.4. The van der Waals surface area contributed by atoms with Crippen LogP contribution in [0.3, 0.4) is 0 Å². The number of amides is 1. The molecule has 1 aliphatic heterocycles. The molecule has 1 aromatic carbocycles. The highest BCUT2D eigenvalue weighted by Gasteiger charge is 2.10. The zero-order valence-electron chi connectivity index (χ0n) is 13.0. The van der Waals surface area contributed by atoms with Crippen LogP contribution >= 0.6 is 11.8 Å². The van der Waals surface area contributed by atoms with Gasteiger partial charge in [-0.15, -0.1) is 0 Å². The van der Waals surface area contributed by atoms with Gasteiger partial charge in [0.25, 0.3) is 0 Å². The lowest BCUT2D eigenvalue weighted by molar-refractivity contribution is -0.118. The Hall–Kier alpha value is -2.54. The molecule has 0 fully saturated rings. The summed E-state index contributed by atoms with van der Waals surface area (Å²) in [6.07, 6.45) is 2.71. The van der Waals surface area contributed by atoms with E-state index < -0.39 is 0 Å². The fourth-order valence-corrected chi connectivity index (χ4v) is 3.34. The Morgan fingerprint density at radius 2 is 2.04 bits per heavy atom. The van der Waals surface area contributed by atoms with E-state index in [1.807, 2.05) is 35.0 Å². The largest absolute Gasteiger partial charge is 0.385 e. The number of benzene rings is 1. The van der Waals surface area contributed by atoms with Crippen LogP contribution in [0, 0.1) is 0 Å². The van der Waals surface area contributed by atoms with Crippen LogP contribution in [0.5, 0.6) is 0 Å². The Kier molecular flexibility index (Phi) is 4.08. The lowest BCUT2D eigenvalue weighted by Gasteiger charge is -2.08. The summed E-state index contributed by atoms with van der Waals surface area (Å²) in [5.41, 5.74) is 3.84. The maximum Gasteiger partial charge on any atom is 0.230 e. The zero-order valence-corrected chi connectivity index (χ0v) is 13.8. The highest BCUT2D eigenvalue weighted by molar-refractivity contribution is 7.99. The predicted octanol–water partition coefficient (Wildman–Crippen LogP) is 2.42. The summed E-state index contributed by atoms with van der Waals surface area (Å²) in [5, 5.41) is 11.8. The summed E-state index contributed by atoms with van der Waals surface area (Å²) in [6, 6.07) is 12.0. The first-order valence-electron chi connectivity index (χ1n) is 7.88. The van der Waals surface area contributed by atoms with E-state index in [4.69, 9.17) is 0 Å². The van der Waals surface area contributed by atoms with E-state index in [1.54, 1.807) is 0 Å². The summed E-state index contributed by atoms with van der Waals surface area (Å²) in [7, 11) is 0. The van der Waals surface area contributed by atoms with E-state index in [2.05, 4.69) is 32.8 Å². The molecule has 2 aromatic heterocycles. The highest BCUT2D eigenvalue weighted by Crippen LogP contribution is 2.25. The molecule has 1 amide bonds. The third kappa shape index (κ3) is 3.07. The molecule has 2 N–H and O–H groups in total. The van der Waals surface area contributed by atoms with Crippen molar-refractivity contribution in [2.75, 3.05) is 24.2 Å². The van der Waals surface area contributed by atoms with Crippen molar-refractivity contribution in [3.63, 3.8) is 0 Å². The van der Waals surface area contributed by atoms with Gasteiger partial charge in [-0.25, -0.2) is 9.50 Å². The number of hydrogen-bond donors (Lipinski definition) is 2. The molecule has 1 aliphatic rings. The van der Waals surface area contributed by atoms with Crippen molar-refractivity contribution in [1.82, 2.24) is 19.9 Å². The minimum Gasteiger partial charge on any atom is -0.385 e. The number of nitrogens with zero attached hydrogens (tertiary/aromatic N) is 3. The van der Waals surface area contributed by atoms with Gasteiger partial charge in [0.15, 0.2) is 5.65 Å². The van der Waals surface area contributed by atoms with Crippen LogP contribution in [0.2, 0.25) is 0 Å². The second-order valence-corrected chi connectivity index (χ2v) is 6.58. The SMILES string of the molecule is O=C1CSc2ccc3ncc(n3n2)-c2cccc(c2)NCCCN1. The number of carbonyl (C=O) groups is 1. The topological polar surface area (TPSA) is 71.3 Å². The molecule has 4 rings (SSSR count). The molecule has 0 saturated carbocycles. The van der Waals surface area contributed by atoms with Gasteiger partial charge in [0.1, 0.15) is 5.03 Å². The van der Waals surface area contributed by atoms with Crippen LogP contribution in [0.4, 0.5) is 5.69 Å². The lowest BCUT2D eigenvalue weighted by Crippen LogP contribution is -2.27. The molecule has 122 valence electrons. The second kappa shape index (κ2) is 6.52. The molecule has 24 heavy (non-hydrogen) atoms. The molecule has 3 aromatic rings. The molecule has 6 nitrogen and oxygen atoms in total. The first-order chi connectivity index (χ1) is 11.8. The Labute approximate surface area is 143 Å². The predicted molar refractivity (Wildman–Crippen MR) is 95.3 cm³/mol. The maximum atomic E-state index is 11.9. The van der Waals surface area contributed by atoms with Crippen molar-refractivity contribution >= 4 is 29.0 Å². The van der Waals surface area contributed by atoms with Gasteiger partial charge in [-0.3, -0.25) is 4.79 Å². The van der Waals surface area contributed by atoms with Crippen molar-refractivity contribution in [3.05, 3.63) is 42.6 Å². The van der Waals surface area contributed by atoms with Gasteiger partial charge in [0, 0.05) is 24.3 Å². The number of hydrogen-bond acceptors (Lipinski definition) is 5. The summed E-state index contributed by atoms with van der Waals surface area (Å²) in [6.45, 7) is 1.48. The quantitative estimate of drug-likeness (QED) is 0.658. The number of imidazole rings is 1. The molecule has 0 spiro atoms. The number of nitrogens with one attached hydrogen (secondary N) is 2. The van der Waals surface area contributed by atoms with Crippen molar-refractivity contribution in [2.45, 2.75) is 11.4 Å². The van der Waals surface area contributed by atoms with E-state index in [0.29, 0.717) is 12.3 Å². The molecular formula is C17H17N5OS. The number of aromatic nitrogens is 3. The Bertz CT molecular complexity index is 892. The maximum absolute atomic E-state index is 11.9. The minimum atomic E-state index is 0.0307. The first kappa shape index (κ1) is 15.0. The number of fused-ring (bicyclic) bond motifs is 4. The lowest BCUT2D eigenvalue weighted by atomic mass is 10.1. The van der Waals surface area contributed by atoms with Gasteiger partial charge in [-0.2, -0.15) is 5.10 Å². The monoisotopic (exact) mass is 339 g/mol. The van der Waals surface area contributed by atoms with Crippen LogP contribution in [-0.4, -0.2) is 39.3 Å². The summed E-state index contributed by atoms with van der Waals surface area (Å²) in [5.74, 6) is 0.396. The van der Waals surface area contributed by atoms with Crippen molar-refractivity contribution in [3.8, 4) is 11.3 Å². The molecule has 7 heteroatoms. The van der Waals surface area contributed by atoms with Gasteiger partial charge < -0.3 is 10.6 Å². The summed E-state index contributed by atoms with van der Waals surface area (Å²) >= 11 is 1.43. The summed E-state index contributed by atoms with van der Waals surface area (Å²) < 4.78 is 1.83. The second-order valence-electron chi connectivity index (χ2n) is 5.58. The van der Waals surface area contributed by atoms with Gasteiger partial charge in [0.2, 0.25) is 5.91 Å². The minimum absolute atomic E-state index is 0.0307. The summed E-state index contributed by atoms with van der Waals surface area (Å²) in [4.78, 5) is 16.3. The Morgan fingerprint density at radius 3 is 3.00 bits per heavy atom. The van der Waals surface area contributed by atoms with Crippen LogP contribution in [0.15, 0.2) is 47.6 Å². The zero-order chi connectivity index (χ0) is 16.4. The molecule has 0 radical (unpaired) electrons. The Morgan fingerprint density at radius 1 is 1.12 bits per heavy atom. The highest BCUT2D eigenvalue weighted by atomic mass is 32.2. The molecule has 0 saturated heterocycles. The molecule has 0 atom stereocenters. The van der Waals surface area contributed by atoms with E-state index >= 15 is 0 Å². The molecule has 3 heterocycles. The fourth-order valence-electron chi connectivity index (χ4n) is 2.66. The standard InChI is InChI=1S/C17H17N5OS/c23-16-11-24-17-6-5-15-20-10-14(22(15)21-17)12-3-1-4-13(9-12)18-7-2-8-19-16/h1,3-6,9-10,18H,2,7-8,11H2,(H,19,23).